The number of hydrogen-bond acceptors (Lipinski definition) is 4. The number of fused-ring (bicyclic) bond motifs is 2. The molecule has 0 unspecified atom stereocenters. The molecule has 6 nitrogen and oxygen atoms in total. The van der Waals surface area contributed by atoms with Gasteiger partial charge in [-0.2, -0.15) is 0 Å². The predicted octanol–water partition coefficient (Wildman–Crippen LogP) is 3.72. The molecule has 0 bridgehead atoms. The molecule has 2 aliphatic rings. The number of aryl methyl sites for hydroxylation is 2. The lowest BCUT2D eigenvalue weighted by molar-refractivity contribution is -0.121. The zero-order valence-electron chi connectivity index (χ0n) is 16.8. The molecule has 2 amide bonds. The number of nitrogens with one attached hydrogen (secondary N) is 1. The van der Waals surface area contributed by atoms with E-state index in [4.69, 9.17) is 4.42 Å². The van der Waals surface area contributed by atoms with Crippen molar-refractivity contribution in [2.75, 3.05) is 11.9 Å². The van der Waals surface area contributed by atoms with Gasteiger partial charge in [-0.05, 0) is 43.4 Å². The van der Waals surface area contributed by atoms with E-state index in [1.807, 2.05) is 47.4 Å². The molecule has 2 aliphatic heterocycles. The number of nitrogens with zero attached hydrogens (tertiary/aromatic N) is 2. The Morgan fingerprint density at radius 2 is 1.97 bits per heavy atom. The van der Waals surface area contributed by atoms with Crippen molar-refractivity contribution in [1.29, 1.82) is 0 Å². The molecule has 1 fully saturated rings. The Morgan fingerprint density at radius 3 is 2.73 bits per heavy atom. The van der Waals surface area contributed by atoms with E-state index in [9.17, 15) is 9.59 Å². The fourth-order valence-electron chi connectivity index (χ4n) is 5.04. The Bertz CT molecular complexity index is 1110. The number of anilines is 1. The summed E-state index contributed by atoms with van der Waals surface area (Å²) in [4.78, 5) is 32.7. The molecule has 0 aliphatic carbocycles. The molecule has 1 N–H and O–H groups in total. The minimum absolute atomic E-state index is 0.0195. The molecule has 5 rings (SSSR count). The third-order valence-electron chi connectivity index (χ3n) is 6.51. The van der Waals surface area contributed by atoms with Gasteiger partial charge in [0.25, 0.3) is 5.91 Å². The summed E-state index contributed by atoms with van der Waals surface area (Å²) in [5.41, 5.74) is 2.61. The molecule has 2 atom stereocenters. The van der Waals surface area contributed by atoms with Crippen LogP contribution >= 0.6 is 0 Å². The van der Waals surface area contributed by atoms with Gasteiger partial charge in [-0.15, -0.1) is 0 Å². The number of rotatable bonds is 4. The molecule has 152 valence electrons. The van der Waals surface area contributed by atoms with E-state index in [1.54, 1.807) is 6.92 Å². The third kappa shape index (κ3) is 2.75. The van der Waals surface area contributed by atoms with Crippen LogP contribution in [0.15, 0.2) is 65.4 Å². The Balaban J connectivity index is 1.55. The first-order valence-corrected chi connectivity index (χ1v) is 10.3. The Labute approximate surface area is 174 Å². The second kappa shape index (κ2) is 7.13. The highest BCUT2D eigenvalue weighted by atomic mass is 16.3. The first-order chi connectivity index (χ1) is 14.6. The summed E-state index contributed by atoms with van der Waals surface area (Å²) in [7, 11) is 0. The van der Waals surface area contributed by atoms with Gasteiger partial charge in [0, 0.05) is 12.2 Å². The van der Waals surface area contributed by atoms with Crippen molar-refractivity contribution >= 4 is 17.5 Å². The first-order valence-electron chi connectivity index (χ1n) is 10.3. The Kier molecular flexibility index (Phi) is 4.42. The predicted molar refractivity (Wildman–Crippen MR) is 112 cm³/mol. The normalized spacial score (nSPS) is 22.4. The fraction of sp³-hybridized carbons (Fsp3) is 0.292. The van der Waals surface area contributed by atoms with E-state index < -0.39 is 5.41 Å². The summed E-state index contributed by atoms with van der Waals surface area (Å²) < 4.78 is 5.27. The number of benzene rings is 2. The fourth-order valence-corrected chi connectivity index (χ4v) is 5.04. The highest BCUT2D eigenvalue weighted by Crippen LogP contribution is 2.49. The monoisotopic (exact) mass is 401 g/mol. The second-order valence-electron chi connectivity index (χ2n) is 8.02. The van der Waals surface area contributed by atoms with Crippen molar-refractivity contribution in [2.45, 2.75) is 37.6 Å². The maximum Gasteiger partial charge on any atom is 0.276 e. The van der Waals surface area contributed by atoms with E-state index in [2.05, 4.69) is 22.4 Å². The largest absolute Gasteiger partial charge is 0.448 e. The van der Waals surface area contributed by atoms with Gasteiger partial charge in [-0.3, -0.25) is 9.59 Å². The molecule has 1 spiro atoms. The van der Waals surface area contributed by atoms with Crippen LogP contribution in [0, 0.1) is 6.92 Å². The molecular weight excluding hydrogens is 378 g/mol. The molecule has 6 heteroatoms. The number of para-hydroxylation sites is 1. The van der Waals surface area contributed by atoms with Gasteiger partial charge in [-0.25, -0.2) is 4.98 Å². The average molecular weight is 401 g/mol. The number of carbonyl (C=O) groups excluding carboxylic acids is 2. The lowest BCUT2D eigenvalue weighted by Gasteiger charge is -2.34. The summed E-state index contributed by atoms with van der Waals surface area (Å²) in [5.74, 6) is 0.307. The van der Waals surface area contributed by atoms with Crippen LogP contribution in [0.1, 0.15) is 40.2 Å². The molecular formula is C24H23N3O3. The average Bonchev–Trinajstić information content (AvgIpc) is 3.44. The van der Waals surface area contributed by atoms with Gasteiger partial charge < -0.3 is 14.6 Å². The van der Waals surface area contributed by atoms with Crippen molar-refractivity contribution < 1.29 is 14.0 Å². The van der Waals surface area contributed by atoms with Crippen molar-refractivity contribution in [3.05, 3.63) is 83.6 Å². The minimum Gasteiger partial charge on any atom is -0.448 e. The zero-order valence-corrected chi connectivity index (χ0v) is 16.8. The minimum atomic E-state index is -0.737. The number of carbonyl (C=O) groups is 2. The topological polar surface area (TPSA) is 75.4 Å². The number of hydrogen-bond donors (Lipinski definition) is 1. The van der Waals surface area contributed by atoms with Crippen LogP contribution in [0.2, 0.25) is 0 Å². The molecule has 1 aromatic heterocycles. The van der Waals surface area contributed by atoms with Crippen molar-refractivity contribution in [2.24, 2.45) is 0 Å². The van der Waals surface area contributed by atoms with Crippen LogP contribution < -0.4 is 5.32 Å². The summed E-state index contributed by atoms with van der Waals surface area (Å²) in [6.45, 7) is 2.25. The Hall–Kier alpha value is -3.41. The smallest absolute Gasteiger partial charge is 0.276 e. The van der Waals surface area contributed by atoms with Crippen LogP contribution in [0.3, 0.4) is 0 Å². The van der Waals surface area contributed by atoms with Crippen molar-refractivity contribution in [3.8, 4) is 0 Å². The summed E-state index contributed by atoms with van der Waals surface area (Å²) in [6, 6.07) is 17.7. The lowest BCUT2D eigenvalue weighted by atomic mass is 9.73. The number of likely N-dealkylation sites (tertiary alicyclic amines) is 1. The van der Waals surface area contributed by atoms with Gasteiger partial charge >= 0.3 is 0 Å². The van der Waals surface area contributed by atoms with E-state index in [1.165, 1.54) is 12.0 Å². The lowest BCUT2D eigenvalue weighted by Crippen LogP contribution is -2.49. The van der Waals surface area contributed by atoms with Gasteiger partial charge in [0.15, 0.2) is 12.1 Å². The number of aromatic nitrogens is 1. The van der Waals surface area contributed by atoms with Crippen LogP contribution in [0.25, 0.3) is 0 Å². The maximum atomic E-state index is 13.4. The van der Waals surface area contributed by atoms with E-state index in [0.717, 1.165) is 17.7 Å². The maximum absolute atomic E-state index is 13.4. The molecule has 3 heterocycles. The van der Waals surface area contributed by atoms with Gasteiger partial charge in [0.05, 0.1) is 11.5 Å². The molecule has 0 saturated carbocycles. The SMILES string of the molecule is Cc1ocnc1C(=O)N1CC[C@]2(C(=O)Nc3ccccc32)[C@@H]1CCc1ccccc1. The zero-order chi connectivity index (χ0) is 20.7. The summed E-state index contributed by atoms with van der Waals surface area (Å²) in [5, 5.41) is 3.05. The van der Waals surface area contributed by atoms with Crippen LogP contribution in [0.4, 0.5) is 5.69 Å². The summed E-state index contributed by atoms with van der Waals surface area (Å²) in [6.07, 6.45) is 3.36. The molecule has 2 aromatic carbocycles. The van der Waals surface area contributed by atoms with E-state index in [0.29, 0.717) is 30.8 Å². The van der Waals surface area contributed by atoms with Gasteiger partial charge in [-0.1, -0.05) is 48.5 Å². The quantitative estimate of drug-likeness (QED) is 0.723. The molecule has 30 heavy (non-hydrogen) atoms. The van der Waals surface area contributed by atoms with Gasteiger partial charge in [0.1, 0.15) is 5.76 Å². The second-order valence-corrected chi connectivity index (χ2v) is 8.02. The van der Waals surface area contributed by atoms with Gasteiger partial charge in [0.2, 0.25) is 5.91 Å². The highest BCUT2D eigenvalue weighted by molar-refractivity contribution is 6.08. The summed E-state index contributed by atoms with van der Waals surface area (Å²) >= 11 is 0. The van der Waals surface area contributed by atoms with Crippen molar-refractivity contribution in [3.63, 3.8) is 0 Å². The number of amides is 2. The van der Waals surface area contributed by atoms with E-state index in [-0.39, 0.29) is 17.9 Å². The van der Waals surface area contributed by atoms with Crippen molar-refractivity contribution in [1.82, 2.24) is 9.88 Å². The van der Waals surface area contributed by atoms with Crippen LogP contribution in [0.5, 0.6) is 0 Å². The van der Waals surface area contributed by atoms with Crippen LogP contribution in [-0.4, -0.2) is 34.3 Å². The third-order valence-corrected chi connectivity index (χ3v) is 6.51. The molecule has 3 aromatic rings. The van der Waals surface area contributed by atoms with Crippen LogP contribution in [-0.2, 0) is 16.6 Å². The molecule has 0 radical (unpaired) electrons. The van der Waals surface area contributed by atoms with E-state index >= 15 is 0 Å². The standard InChI is InChI=1S/C24H23N3O3/c1-16-21(25-15-30-16)22(28)27-14-13-24(18-9-5-6-10-19(18)26-23(24)29)20(27)12-11-17-7-3-2-4-8-17/h2-10,15,20H,11-14H2,1H3,(H,26,29)/t20-,24+/m0/s1. The Morgan fingerprint density at radius 1 is 1.20 bits per heavy atom. The first kappa shape index (κ1) is 18.6. The molecule has 1 saturated heterocycles. The highest BCUT2D eigenvalue weighted by Gasteiger charge is 2.58. The number of oxazole rings is 1.